The molecule has 0 aliphatic rings. The highest BCUT2D eigenvalue weighted by Crippen LogP contribution is 2.38. The zero-order valence-corrected chi connectivity index (χ0v) is 17.5. The Kier molecular flexibility index (Phi) is 6.81. The molecule has 0 saturated heterocycles. The summed E-state index contributed by atoms with van der Waals surface area (Å²) in [5.41, 5.74) is 1.74. The van der Waals surface area contributed by atoms with Gasteiger partial charge in [0.25, 0.3) is 0 Å². The molecule has 1 amide bonds. The second kappa shape index (κ2) is 9.19. The van der Waals surface area contributed by atoms with Crippen molar-refractivity contribution in [2.24, 2.45) is 0 Å². The molecular weight excluding hydrogens is 499 g/mol. The Hall–Kier alpha value is -3.65. The second-order valence-electron chi connectivity index (χ2n) is 7.33. The van der Waals surface area contributed by atoms with Crippen molar-refractivity contribution in [1.82, 2.24) is 10.4 Å². The third-order valence-electron chi connectivity index (χ3n) is 4.47. The number of carbonyl (C=O) groups is 1. The summed E-state index contributed by atoms with van der Waals surface area (Å²) in [6, 6.07) is 5.44. The van der Waals surface area contributed by atoms with E-state index in [0.717, 1.165) is 12.1 Å². The molecule has 0 spiro atoms. The van der Waals surface area contributed by atoms with E-state index >= 15 is 0 Å². The SMILES string of the molecule is Cc1ccc(C(=O)NNc2cc(C(F)(F)F)c3cc(N(CC(F)(F)F)CC(F)(F)F)ccc3n2)o1. The van der Waals surface area contributed by atoms with Crippen molar-refractivity contribution >= 4 is 28.3 Å². The standard InChI is InChI=1S/C20H15F9N4O2/c1-10-2-5-15(35-10)17(34)32-31-16-7-13(20(27,28)29)12-6-11(3-4-14(12)30-16)33(8-18(21,22)23)9-19(24,25)26/h2-7H,8-9H2,1H3,(H,30,31)(H,32,34). The molecule has 2 N–H and O–H groups in total. The van der Waals surface area contributed by atoms with Gasteiger partial charge in [-0.1, -0.05) is 0 Å². The number of nitrogens with zero attached hydrogens (tertiary/aromatic N) is 2. The number of carbonyl (C=O) groups excluding carboxylic acids is 1. The molecule has 0 unspecified atom stereocenters. The van der Waals surface area contributed by atoms with Gasteiger partial charge in [-0.3, -0.25) is 15.6 Å². The number of hydrazine groups is 1. The summed E-state index contributed by atoms with van der Waals surface area (Å²) < 4.78 is 123. The maximum atomic E-state index is 13.7. The predicted molar refractivity (Wildman–Crippen MR) is 106 cm³/mol. The van der Waals surface area contributed by atoms with Crippen molar-refractivity contribution in [2.45, 2.75) is 25.5 Å². The molecule has 190 valence electrons. The Morgan fingerprint density at radius 1 is 0.943 bits per heavy atom. The number of benzene rings is 1. The molecule has 1 aromatic carbocycles. The molecule has 2 aromatic heterocycles. The number of aryl methyl sites for hydroxylation is 1. The molecule has 3 rings (SSSR count). The fraction of sp³-hybridized carbons (Fsp3) is 0.300. The molecule has 35 heavy (non-hydrogen) atoms. The molecule has 0 atom stereocenters. The van der Waals surface area contributed by atoms with Gasteiger partial charge in [0, 0.05) is 11.1 Å². The van der Waals surface area contributed by atoms with E-state index < -0.39 is 65.5 Å². The molecular formula is C20H15F9N4O2. The fourth-order valence-corrected chi connectivity index (χ4v) is 3.12. The fourth-order valence-electron chi connectivity index (χ4n) is 3.12. The maximum absolute atomic E-state index is 13.7. The minimum absolute atomic E-state index is 0.128. The average molecular weight is 514 g/mol. The Bertz CT molecular complexity index is 1200. The highest BCUT2D eigenvalue weighted by Gasteiger charge is 2.38. The number of alkyl halides is 9. The van der Waals surface area contributed by atoms with Crippen molar-refractivity contribution in [3.63, 3.8) is 0 Å². The van der Waals surface area contributed by atoms with Gasteiger partial charge in [0.05, 0.1) is 11.1 Å². The average Bonchev–Trinajstić information content (AvgIpc) is 3.14. The molecule has 0 bridgehead atoms. The quantitative estimate of drug-likeness (QED) is 0.320. The largest absolute Gasteiger partial charge is 0.456 e. The summed E-state index contributed by atoms with van der Waals surface area (Å²) in [6.07, 6.45) is -15.2. The van der Waals surface area contributed by atoms with Crippen LogP contribution in [0.15, 0.2) is 40.8 Å². The van der Waals surface area contributed by atoms with E-state index in [1.165, 1.54) is 12.1 Å². The number of rotatable bonds is 6. The summed E-state index contributed by atoms with van der Waals surface area (Å²) in [6.45, 7) is -2.51. The molecule has 15 heteroatoms. The molecule has 0 saturated carbocycles. The lowest BCUT2D eigenvalue weighted by Gasteiger charge is -2.27. The number of amides is 1. The molecule has 2 heterocycles. The number of hydrogen-bond donors (Lipinski definition) is 2. The van der Waals surface area contributed by atoms with Crippen molar-refractivity contribution in [3.8, 4) is 0 Å². The van der Waals surface area contributed by atoms with Crippen molar-refractivity contribution in [1.29, 1.82) is 0 Å². The van der Waals surface area contributed by atoms with E-state index in [1.807, 2.05) is 0 Å². The van der Waals surface area contributed by atoms with Gasteiger partial charge in [0.2, 0.25) is 0 Å². The number of fused-ring (bicyclic) bond motifs is 1. The first kappa shape index (κ1) is 26.0. The van der Waals surface area contributed by atoms with Gasteiger partial charge in [-0.15, -0.1) is 0 Å². The smallest absolute Gasteiger partial charge is 0.417 e. The number of aromatic nitrogens is 1. The van der Waals surface area contributed by atoms with E-state index in [9.17, 15) is 44.3 Å². The number of furan rings is 1. The van der Waals surface area contributed by atoms with Crippen molar-refractivity contribution in [3.05, 3.63) is 53.5 Å². The summed E-state index contributed by atoms with van der Waals surface area (Å²) in [5, 5.41) is -0.733. The number of hydrogen-bond acceptors (Lipinski definition) is 5. The van der Waals surface area contributed by atoms with Gasteiger partial charge >= 0.3 is 24.4 Å². The summed E-state index contributed by atoms with van der Waals surface area (Å²) >= 11 is 0. The predicted octanol–water partition coefficient (Wildman–Crippen LogP) is 5.84. The Balaban J connectivity index is 1.99. The van der Waals surface area contributed by atoms with E-state index in [0.29, 0.717) is 17.9 Å². The second-order valence-corrected chi connectivity index (χ2v) is 7.33. The highest BCUT2D eigenvalue weighted by molar-refractivity contribution is 5.92. The minimum Gasteiger partial charge on any atom is -0.456 e. The third-order valence-corrected chi connectivity index (χ3v) is 4.47. The normalized spacial score (nSPS) is 12.6. The van der Waals surface area contributed by atoms with Gasteiger partial charge in [-0.2, -0.15) is 39.5 Å². The molecule has 0 radical (unpaired) electrons. The Morgan fingerprint density at radius 2 is 1.57 bits per heavy atom. The zero-order valence-electron chi connectivity index (χ0n) is 17.5. The van der Waals surface area contributed by atoms with Gasteiger partial charge in [-0.25, -0.2) is 4.98 Å². The van der Waals surface area contributed by atoms with Gasteiger partial charge in [0.1, 0.15) is 24.7 Å². The van der Waals surface area contributed by atoms with Crippen molar-refractivity contribution in [2.75, 3.05) is 23.4 Å². The monoisotopic (exact) mass is 514 g/mol. The van der Waals surface area contributed by atoms with E-state index in [1.54, 1.807) is 6.92 Å². The molecule has 3 aromatic rings. The summed E-state index contributed by atoms with van der Waals surface area (Å²) in [7, 11) is 0. The van der Waals surface area contributed by atoms with Crippen LogP contribution in [0.2, 0.25) is 0 Å². The van der Waals surface area contributed by atoms with Crippen LogP contribution in [0, 0.1) is 6.92 Å². The Labute approximate surface area is 190 Å². The van der Waals surface area contributed by atoms with Crippen molar-refractivity contribution < 1.29 is 48.7 Å². The summed E-state index contributed by atoms with van der Waals surface area (Å²) in [4.78, 5) is 15.7. The van der Waals surface area contributed by atoms with Crippen LogP contribution in [-0.2, 0) is 6.18 Å². The lowest BCUT2D eigenvalue weighted by molar-refractivity contribution is -0.138. The van der Waals surface area contributed by atoms with E-state index in [2.05, 4.69) is 15.8 Å². The topological polar surface area (TPSA) is 70.4 Å². The van der Waals surface area contributed by atoms with E-state index in [-0.39, 0.29) is 10.7 Å². The van der Waals surface area contributed by atoms with Gasteiger partial charge in [-0.05, 0) is 43.3 Å². The molecule has 6 nitrogen and oxygen atoms in total. The lowest BCUT2D eigenvalue weighted by atomic mass is 10.1. The van der Waals surface area contributed by atoms with Crippen LogP contribution in [0.25, 0.3) is 10.9 Å². The lowest BCUT2D eigenvalue weighted by Crippen LogP contribution is -2.40. The maximum Gasteiger partial charge on any atom is 0.417 e. The molecule has 0 aliphatic carbocycles. The van der Waals surface area contributed by atoms with Crippen LogP contribution < -0.4 is 15.8 Å². The Morgan fingerprint density at radius 3 is 2.09 bits per heavy atom. The van der Waals surface area contributed by atoms with E-state index in [4.69, 9.17) is 4.42 Å². The van der Waals surface area contributed by atoms with Crippen LogP contribution >= 0.6 is 0 Å². The minimum atomic E-state index is -5.06. The number of pyridine rings is 1. The number of anilines is 2. The first-order valence-electron chi connectivity index (χ1n) is 9.55. The molecule has 0 aliphatic heterocycles. The van der Waals surface area contributed by atoms with Crippen LogP contribution in [0.3, 0.4) is 0 Å². The van der Waals surface area contributed by atoms with Crippen LogP contribution in [-0.4, -0.2) is 36.3 Å². The first-order chi connectivity index (χ1) is 16.0. The zero-order chi connectivity index (χ0) is 26.2. The van der Waals surface area contributed by atoms with Gasteiger partial charge in [0.15, 0.2) is 5.76 Å². The summed E-state index contributed by atoms with van der Waals surface area (Å²) in [5.74, 6) is -1.07. The van der Waals surface area contributed by atoms with Crippen LogP contribution in [0.5, 0.6) is 0 Å². The van der Waals surface area contributed by atoms with Crippen LogP contribution in [0.4, 0.5) is 51.0 Å². The number of nitrogens with one attached hydrogen (secondary N) is 2. The molecule has 0 fully saturated rings. The number of halogens is 9. The first-order valence-corrected chi connectivity index (χ1v) is 9.55. The van der Waals surface area contributed by atoms with Gasteiger partial charge < -0.3 is 9.32 Å². The third kappa shape index (κ3) is 6.93. The van der Waals surface area contributed by atoms with Crippen LogP contribution in [0.1, 0.15) is 21.9 Å². The highest BCUT2D eigenvalue weighted by atomic mass is 19.4.